The van der Waals surface area contributed by atoms with E-state index in [2.05, 4.69) is 31.4 Å². The number of nitrogens with one attached hydrogen (secondary N) is 2. The van der Waals surface area contributed by atoms with Crippen LogP contribution in [0.1, 0.15) is 83.5 Å². The molecule has 4 fully saturated rings. The molecule has 4 aliphatic carbocycles. The Bertz CT molecular complexity index is 2090. The molecule has 0 bridgehead atoms. The number of ether oxygens (including phenoxy) is 3. The van der Waals surface area contributed by atoms with Gasteiger partial charge in [0.2, 0.25) is 6.41 Å². The average Bonchev–Trinajstić information content (AvgIpc) is 3.75. The van der Waals surface area contributed by atoms with Gasteiger partial charge in [0.05, 0.1) is 31.1 Å². The minimum absolute atomic E-state index is 0.0125. The van der Waals surface area contributed by atoms with E-state index in [9.17, 15) is 44.4 Å². The molecule has 0 radical (unpaired) electrons. The smallest absolute Gasteiger partial charge is 0.328 e. The first-order chi connectivity index (χ1) is 30.4. The molecule has 1 aliphatic heterocycles. The molecule has 7 rings (SSSR count). The van der Waals surface area contributed by atoms with Crippen LogP contribution >= 0.6 is 0 Å². The van der Waals surface area contributed by atoms with E-state index < -0.39 is 54.2 Å². The third-order valence-electron chi connectivity index (χ3n) is 13.7. The number of hydrogen-bond acceptors (Lipinski definition) is 13. The number of carbonyl (C=O) groups excluding carboxylic acids is 3. The molecule has 16 nitrogen and oxygen atoms in total. The molecule has 1 amide bonds. The Kier molecular flexibility index (Phi) is 16.5. The zero-order valence-corrected chi connectivity index (χ0v) is 36.9. The summed E-state index contributed by atoms with van der Waals surface area (Å²) in [5.74, 6) is -1.70. The number of carboxylic acids is 2. The number of amides is 1. The lowest BCUT2D eigenvalue weighted by molar-refractivity contribution is -0.200. The van der Waals surface area contributed by atoms with Crippen LogP contribution in [0.5, 0.6) is 11.5 Å². The van der Waals surface area contributed by atoms with Gasteiger partial charge in [0.15, 0.2) is 23.5 Å². The molecule has 64 heavy (non-hydrogen) atoms. The quantitative estimate of drug-likeness (QED) is 0.0688. The Balaban J connectivity index is 0.000000210. The minimum atomic E-state index is -1.26. The number of rotatable bonds is 15. The number of anilines is 1. The van der Waals surface area contributed by atoms with Crippen LogP contribution < -0.4 is 15.4 Å². The lowest BCUT2D eigenvalue weighted by atomic mass is 9.46. The molecule has 1 heterocycles. The van der Waals surface area contributed by atoms with Crippen LogP contribution in [0.15, 0.2) is 78.4 Å². The number of aliphatic carboxylic acids is 2. The van der Waals surface area contributed by atoms with Crippen molar-refractivity contribution in [2.45, 2.75) is 109 Å². The van der Waals surface area contributed by atoms with Gasteiger partial charge in [-0.25, -0.2) is 9.59 Å². The van der Waals surface area contributed by atoms with Crippen molar-refractivity contribution in [3.8, 4) is 11.5 Å². The number of benzene rings is 2. The van der Waals surface area contributed by atoms with Crippen LogP contribution in [0, 0.1) is 28.6 Å². The van der Waals surface area contributed by atoms with Gasteiger partial charge in [-0.2, -0.15) is 0 Å². The summed E-state index contributed by atoms with van der Waals surface area (Å²) in [6, 6.07) is 12.7. The number of carboxylic acid groups (broad SMARTS) is 2. The summed E-state index contributed by atoms with van der Waals surface area (Å²) in [4.78, 5) is 54.8. The summed E-state index contributed by atoms with van der Waals surface area (Å²) in [6.07, 6.45) is 10.00. The predicted molar refractivity (Wildman–Crippen MR) is 234 cm³/mol. The molecule has 1 unspecified atom stereocenters. The van der Waals surface area contributed by atoms with E-state index in [-0.39, 0.29) is 52.2 Å². The normalized spacial score (nSPS) is 30.7. The van der Waals surface area contributed by atoms with Gasteiger partial charge in [0.1, 0.15) is 18.1 Å². The second kappa shape index (κ2) is 21.2. The first-order valence-corrected chi connectivity index (χ1v) is 21.7. The topological polar surface area (TPSA) is 258 Å². The third-order valence-corrected chi connectivity index (χ3v) is 13.7. The molecule has 8 N–H and O–H groups in total. The molecule has 16 heteroatoms. The van der Waals surface area contributed by atoms with E-state index in [1.165, 1.54) is 11.6 Å². The van der Waals surface area contributed by atoms with E-state index >= 15 is 0 Å². The van der Waals surface area contributed by atoms with Crippen molar-refractivity contribution in [1.29, 1.82) is 0 Å². The van der Waals surface area contributed by atoms with Crippen LogP contribution in [0.25, 0.3) is 0 Å². The number of phenols is 1. The number of aromatic hydroxyl groups is 1. The molecule has 3 saturated carbocycles. The van der Waals surface area contributed by atoms with Crippen molar-refractivity contribution in [2.24, 2.45) is 28.6 Å². The number of fused-ring (bicyclic) bond motifs is 7. The Morgan fingerprint density at radius 2 is 1.75 bits per heavy atom. The number of Topliss-reactive ketones (excluding diaryl/α,β-unsaturated/α-hetero) is 1. The second-order valence-corrected chi connectivity index (χ2v) is 17.7. The van der Waals surface area contributed by atoms with E-state index in [0.717, 1.165) is 37.0 Å². The highest BCUT2D eigenvalue weighted by Gasteiger charge is 2.75. The Hall–Kier alpha value is -5.23. The summed E-state index contributed by atoms with van der Waals surface area (Å²) in [7, 11) is 1.64. The lowest BCUT2D eigenvalue weighted by Crippen LogP contribution is -2.63. The lowest BCUT2D eigenvalue weighted by Gasteiger charge is -2.59. The Morgan fingerprint density at radius 3 is 2.36 bits per heavy atom. The van der Waals surface area contributed by atoms with Crippen molar-refractivity contribution in [3.63, 3.8) is 0 Å². The number of aliphatic hydroxyl groups excluding tert-OH is 3. The first-order valence-electron chi connectivity index (χ1n) is 21.7. The highest BCUT2D eigenvalue weighted by Crippen LogP contribution is 2.69. The SMILES string of the molecule is CCCC1O[C@@H]2C[C@H]3[C@@H]4CCC5=CC(=O)C=C[C@]5(C)[C@H]4[C@@H](O)C[C@]3(C)[C@]2(C(=O)CO)O1.COc1ccc(C[C@H](C)NC[C@@H](O)c2ccc(O)c(NC=O)c2)cc1.O=C(O)/C=C/C(=O)O. The van der Waals surface area contributed by atoms with E-state index in [1.54, 1.807) is 31.4 Å². The molecule has 2 aromatic carbocycles. The molecule has 0 aromatic heterocycles. The molecule has 11 atom stereocenters. The van der Waals surface area contributed by atoms with E-state index in [1.807, 2.05) is 37.3 Å². The number of aliphatic hydroxyl groups is 3. The number of phenolic OH excluding ortho intramolecular Hbond substituents is 1. The van der Waals surface area contributed by atoms with Crippen molar-refractivity contribution in [2.75, 3.05) is 25.6 Å². The van der Waals surface area contributed by atoms with Crippen LogP contribution in [-0.4, -0.2) is 111 Å². The average molecular weight is 891 g/mol. The van der Waals surface area contributed by atoms with Crippen molar-refractivity contribution >= 4 is 35.6 Å². The monoisotopic (exact) mass is 890 g/mol. The fourth-order valence-corrected chi connectivity index (χ4v) is 10.8. The van der Waals surface area contributed by atoms with E-state index in [4.69, 9.17) is 24.4 Å². The number of methoxy groups -OCH3 is 1. The second-order valence-electron chi connectivity index (χ2n) is 17.7. The van der Waals surface area contributed by atoms with Crippen molar-refractivity contribution in [3.05, 3.63) is 89.5 Å². The standard InChI is InChI=1S/C25H34O6.C19H24N2O4.C4H4O4/c1-4-5-21-30-20-11-17-16-7-6-14-10-15(27)8-9-23(14,2)22(16)18(28)12-24(17,3)25(20,31-21)19(29)13-26;1-13(9-14-3-6-16(25-2)7-4-14)20-11-19(24)15-5-8-18(23)17(10-15)21-12-22;5-3(6)1-2-4(7)8/h8-10,16-18,20-22,26,28H,4-7,11-13H2,1-3H3;3-8,10,12-13,19-20,23-24H,9,11H2,1-2H3,(H,21,22);1-2H,(H,5,6)(H,7,8)/b;;2-1+/t16-,17-,18-,20+,21?,22+,23-,24-,25+;13-,19+;/m00./s1. The largest absolute Gasteiger partial charge is 0.506 e. The van der Waals surface area contributed by atoms with Gasteiger partial charge >= 0.3 is 11.9 Å². The van der Waals surface area contributed by atoms with Crippen molar-refractivity contribution < 1.29 is 68.8 Å². The summed E-state index contributed by atoms with van der Waals surface area (Å²) in [6.45, 7) is 8.09. The molecule has 2 aromatic rings. The zero-order chi connectivity index (χ0) is 47.0. The number of allylic oxidation sites excluding steroid dienone is 4. The first kappa shape index (κ1) is 49.8. The van der Waals surface area contributed by atoms with Gasteiger partial charge in [0.25, 0.3) is 0 Å². The number of hydrogen-bond donors (Lipinski definition) is 8. The Morgan fingerprint density at radius 1 is 1.06 bits per heavy atom. The Labute approximate surface area is 373 Å². The van der Waals surface area contributed by atoms with Gasteiger partial charge in [0, 0.05) is 41.5 Å². The van der Waals surface area contributed by atoms with Crippen LogP contribution in [-0.2, 0) is 39.9 Å². The maximum absolute atomic E-state index is 13.2. The molecule has 0 spiro atoms. The fraction of sp³-hybridized carbons (Fsp3) is 0.521. The number of ketones is 2. The molecular weight excluding hydrogens is 829 g/mol. The number of carbonyl (C=O) groups is 5. The maximum atomic E-state index is 13.2. The van der Waals surface area contributed by atoms with E-state index in [0.29, 0.717) is 49.9 Å². The van der Waals surface area contributed by atoms with Gasteiger partial charge in [-0.05, 0) is 105 Å². The molecule has 1 saturated heterocycles. The van der Waals surface area contributed by atoms with Crippen LogP contribution in [0.2, 0.25) is 0 Å². The highest BCUT2D eigenvalue weighted by molar-refractivity contribution is 6.01. The van der Waals surface area contributed by atoms with Crippen LogP contribution in [0.4, 0.5) is 5.69 Å². The zero-order valence-electron chi connectivity index (χ0n) is 36.9. The predicted octanol–water partition coefficient (Wildman–Crippen LogP) is 4.65. The molecule has 5 aliphatic rings. The summed E-state index contributed by atoms with van der Waals surface area (Å²) >= 11 is 0. The van der Waals surface area contributed by atoms with Crippen molar-refractivity contribution in [1.82, 2.24) is 5.32 Å². The fourth-order valence-electron chi connectivity index (χ4n) is 10.8. The minimum Gasteiger partial charge on any atom is -0.506 e. The summed E-state index contributed by atoms with van der Waals surface area (Å²) < 4.78 is 17.8. The third kappa shape index (κ3) is 10.5. The van der Waals surface area contributed by atoms with Crippen LogP contribution in [0.3, 0.4) is 0 Å². The molecular formula is C48H62N2O14. The highest BCUT2D eigenvalue weighted by atomic mass is 16.7. The van der Waals surface area contributed by atoms with Gasteiger partial charge in [-0.3, -0.25) is 14.4 Å². The summed E-state index contributed by atoms with van der Waals surface area (Å²) in [5.41, 5.74) is 1.02. The van der Waals surface area contributed by atoms with Gasteiger partial charge in [-0.1, -0.05) is 57.0 Å². The molecule has 348 valence electrons. The maximum Gasteiger partial charge on any atom is 0.328 e. The van der Waals surface area contributed by atoms with Gasteiger partial charge in [-0.15, -0.1) is 0 Å². The van der Waals surface area contributed by atoms with Gasteiger partial charge < -0.3 is 55.5 Å². The summed E-state index contributed by atoms with van der Waals surface area (Å²) in [5, 5.41) is 62.7.